The number of aryl methyl sites for hydroxylation is 2. The fraction of sp³-hybridized carbons (Fsp3) is 0.417. The first-order valence-corrected chi connectivity index (χ1v) is 12.0. The van der Waals surface area contributed by atoms with Gasteiger partial charge in [0.25, 0.3) is 10.0 Å². The van der Waals surface area contributed by atoms with E-state index in [1.54, 1.807) is 24.3 Å². The first-order chi connectivity index (χ1) is 14.5. The molecule has 0 saturated heterocycles. The Morgan fingerprint density at radius 1 is 1.10 bits per heavy atom. The van der Waals surface area contributed by atoms with E-state index in [-0.39, 0.29) is 29.2 Å². The zero-order valence-corrected chi connectivity index (χ0v) is 19.7. The minimum Gasteiger partial charge on any atom is -0.356 e. The summed E-state index contributed by atoms with van der Waals surface area (Å²) in [6, 6.07) is 11.2. The normalized spacial score (nSPS) is 16.1. The first-order valence-electron chi connectivity index (χ1n) is 10.5. The van der Waals surface area contributed by atoms with Crippen molar-refractivity contribution in [1.82, 2.24) is 10.0 Å². The Kier molecular flexibility index (Phi) is 6.55. The summed E-state index contributed by atoms with van der Waals surface area (Å²) in [5.74, 6) is 0.202. The Hall–Kier alpha value is -2.67. The second-order valence-electron chi connectivity index (χ2n) is 9.02. The lowest BCUT2D eigenvalue weighted by molar-refractivity contribution is -0.120. The number of nitrogens with zero attached hydrogens (tertiary/aromatic N) is 1. The van der Waals surface area contributed by atoms with Crippen molar-refractivity contribution >= 4 is 21.8 Å². The molecule has 31 heavy (non-hydrogen) atoms. The molecule has 1 amide bonds. The maximum atomic E-state index is 12.2. The van der Waals surface area contributed by atoms with Gasteiger partial charge in [-0.25, -0.2) is 8.42 Å². The van der Waals surface area contributed by atoms with E-state index in [4.69, 9.17) is 0 Å². The van der Waals surface area contributed by atoms with Crippen molar-refractivity contribution in [2.45, 2.75) is 57.8 Å². The number of amidine groups is 1. The van der Waals surface area contributed by atoms with Crippen LogP contribution in [0.3, 0.4) is 0 Å². The summed E-state index contributed by atoms with van der Waals surface area (Å²) in [6.45, 7) is 11.6. The van der Waals surface area contributed by atoms with E-state index in [9.17, 15) is 13.2 Å². The van der Waals surface area contributed by atoms with Gasteiger partial charge in [0.15, 0.2) is 0 Å². The Bertz CT molecular complexity index is 1110. The molecule has 1 heterocycles. The van der Waals surface area contributed by atoms with Gasteiger partial charge in [0.2, 0.25) is 5.91 Å². The standard InChI is InChI=1S/C24H31N3O3S/c1-16-14-18(24(3,4)5)15-17(2)19(16)10-12-25-22(28)11-13-26-23-20-8-6-7-9-21(20)31(29,30)27-23/h6-9,14-15H,10-13H2,1-5H3,(H,25,28)(H,26,27). The van der Waals surface area contributed by atoms with Crippen molar-refractivity contribution < 1.29 is 13.2 Å². The highest BCUT2D eigenvalue weighted by atomic mass is 32.2. The van der Waals surface area contributed by atoms with Gasteiger partial charge in [-0.1, -0.05) is 45.0 Å². The monoisotopic (exact) mass is 441 g/mol. The number of amides is 1. The number of hydrogen-bond acceptors (Lipinski definition) is 4. The van der Waals surface area contributed by atoms with Crippen molar-refractivity contribution in [2.24, 2.45) is 4.99 Å². The quantitative estimate of drug-likeness (QED) is 0.720. The number of carbonyl (C=O) groups excluding carboxylic acids is 1. The van der Waals surface area contributed by atoms with Gasteiger partial charge >= 0.3 is 0 Å². The Morgan fingerprint density at radius 3 is 2.39 bits per heavy atom. The summed E-state index contributed by atoms with van der Waals surface area (Å²) in [5.41, 5.74) is 5.74. The van der Waals surface area contributed by atoms with Crippen LogP contribution in [0.25, 0.3) is 0 Å². The molecule has 2 aromatic carbocycles. The molecule has 0 aliphatic carbocycles. The van der Waals surface area contributed by atoms with Crippen molar-refractivity contribution in [2.75, 3.05) is 13.1 Å². The molecule has 0 bridgehead atoms. The number of aliphatic imine (C=N–C) groups is 1. The third-order valence-corrected chi connectivity index (χ3v) is 6.93. The fourth-order valence-electron chi connectivity index (χ4n) is 3.76. The van der Waals surface area contributed by atoms with Crippen LogP contribution in [-0.4, -0.2) is 33.3 Å². The minimum atomic E-state index is -3.55. The highest BCUT2D eigenvalue weighted by molar-refractivity contribution is 7.90. The predicted octanol–water partition coefficient (Wildman–Crippen LogP) is 3.39. The molecule has 2 aromatic rings. The van der Waals surface area contributed by atoms with E-state index < -0.39 is 10.0 Å². The van der Waals surface area contributed by atoms with Crippen LogP contribution in [-0.2, 0) is 26.7 Å². The number of sulfonamides is 1. The molecule has 0 atom stereocenters. The maximum Gasteiger partial charge on any atom is 0.263 e. The van der Waals surface area contributed by atoms with E-state index in [2.05, 4.69) is 61.8 Å². The second kappa shape index (κ2) is 8.83. The molecule has 2 N–H and O–H groups in total. The van der Waals surface area contributed by atoms with Crippen LogP contribution in [0.5, 0.6) is 0 Å². The lowest BCUT2D eigenvalue weighted by Crippen LogP contribution is -2.27. The molecule has 0 spiro atoms. The predicted molar refractivity (Wildman–Crippen MR) is 124 cm³/mol. The van der Waals surface area contributed by atoms with Gasteiger partial charge in [0, 0.05) is 18.5 Å². The van der Waals surface area contributed by atoms with E-state index >= 15 is 0 Å². The van der Waals surface area contributed by atoms with Crippen molar-refractivity contribution in [3.05, 3.63) is 64.2 Å². The molecule has 6 nitrogen and oxygen atoms in total. The summed E-state index contributed by atoms with van der Waals surface area (Å²) in [6.07, 6.45) is 0.976. The Morgan fingerprint density at radius 2 is 1.74 bits per heavy atom. The molecule has 0 radical (unpaired) electrons. The highest BCUT2D eigenvalue weighted by Gasteiger charge is 2.29. The van der Waals surface area contributed by atoms with Gasteiger partial charge in [-0.2, -0.15) is 0 Å². The lowest BCUT2D eigenvalue weighted by Gasteiger charge is -2.22. The van der Waals surface area contributed by atoms with Gasteiger partial charge in [-0.15, -0.1) is 0 Å². The van der Waals surface area contributed by atoms with Gasteiger partial charge in [-0.05, 0) is 60.1 Å². The average Bonchev–Trinajstić information content (AvgIpc) is 2.94. The second-order valence-corrected chi connectivity index (χ2v) is 10.7. The Balaban J connectivity index is 1.53. The zero-order valence-electron chi connectivity index (χ0n) is 18.9. The number of fused-ring (bicyclic) bond motifs is 1. The van der Waals surface area contributed by atoms with Crippen LogP contribution in [0.15, 0.2) is 46.3 Å². The third-order valence-electron chi connectivity index (χ3n) is 5.53. The summed E-state index contributed by atoms with van der Waals surface area (Å²) >= 11 is 0. The number of carbonyl (C=O) groups is 1. The van der Waals surface area contributed by atoms with Crippen LogP contribution in [0, 0.1) is 13.8 Å². The van der Waals surface area contributed by atoms with Crippen LogP contribution >= 0.6 is 0 Å². The molecule has 3 rings (SSSR count). The number of benzene rings is 2. The van der Waals surface area contributed by atoms with Crippen molar-refractivity contribution in [1.29, 1.82) is 0 Å². The average molecular weight is 442 g/mol. The van der Waals surface area contributed by atoms with E-state index in [0.29, 0.717) is 17.9 Å². The molecule has 0 saturated carbocycles. The molecule has 1 aliphatic rings. The molecule has 1 aliphatic heterocycles. The fourth-order valence-corrected chi connectivity index (χ4v) is 5.01. The lowest BCUT2D eigenvalue weighted by atomic mass is 9.83. The maximum absolute atomic E-state index is 12.2. The molecule has 7 heteroatoms. The summed E-state index contributed by atoms with van der Waals surface area (Å²) in [5, 5.41) is 2.94. The van der Waals surface area contributed by atoms with Crippen LogP contribution in [0.2, 0.25) is 0 Å². The zero-order chi connectivity index (χ0) is 22.8. The third kappa shape index (κ3) is 5.34. The van der Waals surface area contributed by atoms with Gasteiger partial charge < -0.3 is 5.32 Å². The number of rotatable bonds is 6. The van der Waals surface area contributed by atoms with Crippen molar-refractivity contribution in [3.63, 3.8) is 0 Å². The molecular formula is C24H31N3O3S. The van der Waals surface area contributed by atoms with Crippen LogP contribution in [0.1, 0.15) is 55.0 Å². The molecule has 0 aromatic heterocycles. The first kappa shape index (κ1) is 23.0. The van der Waals surface area contributed by atoms with Gasteiger partial charge in [0.05, 0.1) is 11.4 Å². The number of hydrogen-bond donors (Lipinski definition) is 2. The van der Waals surface area contributed by atoms with Crippen LogP contribution in [0.4, 0.5) is 0 Å². The molecular weight excluding hydrogens is 410 g/mol. The Labute approximate surface area is 185 Å². The van der Waals surface area contributed by atoms with Gasteiger partial charge in [-0.3, -0.25) is 14.5 Å². The highest BCUT2D eigenvalue weighted by Crippen LogP contribution is 2.27. The van der Waals surface area contributed by atoms with E-state index in [0.717, 1.165) is 6.42 Å². The topological polar surface area (TPSA) is 87.6 Å². The van der Waals surface area contributed by atoms with Crippen LogP contribution < -0.4 is 10.0 Å². The molecule has 166 valence electrons. The van der Waals surface area contributed by atoms with E-state index in [1.165, 1.54) is 22.3 Å². The largest absolute Gasteiger partial charge is 0.356 e. The number of nitrogens with one attached hydrogen (secondary N) is 2. The summed E-state index contributed by atoms with van der Waals surface area (Å²) in [7, 11) is -3.55. The SMILES string of the molecule is Cc1cc(C(C)(C)C)cc(C)c1CCNC(=O)CCN=C1NS(=O)(=O)c2ccccc21. The minimum absolute atomic E-state index is 0.0971. The van der Waals surface area contributed by atoms with Crippen molar-refractivity contribution in [3.8, 4) is 0 Å². The van der Waals surface area contributed by atoms with E-state index in [1.807, 2.05) is 0 Å². The smallest absolute Gasteiger partial charge is 0.263 e. The molecule has 0 fully saturated rings. The van der Waals surface area contributed by atoms with Gasteiger partial charge in [0.1, 0.15) is 5.84 Å². The summed E-state index contributed by atoms with van der Waals surface area (Å²) < 4.78 is 26.6. The summed E-state index contributed by atoms with van der Waals surface area (Å²) in [4.78, 5) is 16.7. The molecule has 0 unspecified atom stereocenters.